The average Bonchev–Trinajstić information content (AvgIpc) is 1.85. The summed E-state index contributed by atoms with van der Waals surface area (Å²) >= 11 is 0. The molecule has 11 heavy (non-hydrogen) atoms. The monoisotopic (exact) mass is 151 g/mol. The Kier molecular flexibility index (Phi) is 1.48. The first-order valence-electron chi connectivity index (χ1n) is 2.70. The second kappa shape index (κ2) is 2.30. The Bertz CT molecular complexity index is 373. The molecule has 0 unspecified atom stereocenters. The number of nitrogens with zero attached hydrogens (tertiary/aromatic N) is 2. The fourth-order valence-electron chi connectivity index (χ4n) is 0.617. The molecule has 1 aromatic heterocycles. The van der Waals surface area contributed by atoms with Gasteiger partial charge in [-0.25, -0.2) is 0 Å². The van der Waals surface area contributed by atoms with Crippen LogP contribution in [0.25, 0.3) is 0 Å². The van der Waals surface area contributed by atoms with E-state index >= 15 is 0 Å². The number of nitrogens with two attached hydrogens (primary N) is 2. The van der Waals surface area contributed by atoms with Gasteiger partial charge in [-0.2, -0.15) is 10.2 Å². The first-order chi connectivity index (χ1) is 5.15. The first kappa shape index (κ1) is 7.08. The number of aromatic nitrogens is 2. The maximum Gasteiger partial charge on any atom is 0.272 e. The molecule has 6 nitrogen and oxygen atoms in total. The predicted octanol–water partition coefficient (Wildman–Crippen LogP) is -1.19. The largest absolute Gasteiger partial charge is 0.382 e. The molecule has 0 saturated heterocycles. The van der Waals surface area contributed by atoms with Crippen LogP contribution in [0.15, 0.2) is 4.79 Å². The molecule has 0 aliphatic rings. The zero-order valence-corrected chi connectivity index (χ0v) is 5.46. The Morgan fingerprint density at radius 3 is 2.64 bits per heavy atom. The van der Waals surface area contributed by atoms with E-state index in [1.165, 1.54) is 0 Å². The van der Waals surface area contributed by atoms with E-state index in [1.54, 1.807) is 6.07 Å². The van der Waals surface area contributed by atoms with Gasteiger partial charge in [0.1, 0.15) is 6.07 Å². The topological polar surface area (TPSA) is 122 Å². The van der Waals surface area contributed by atoms with Crippen LogP contribution in [0.3, 0.4) is 0 Å². The van der Waals surface area contributed by atoms with Gasteiger partial charge in [0.05, 0.1) is 0 Å². The van der Waals surface area contributed by atoms with Crippen LogP contribution in [0, 0.1) is 11.3 Å². The van der Waals surface area contributed by atoms with Gasteiger partial charge < -0.3 is 11.5 Å². The lowest BCUT2D eigenvalue weighted by molar-refractivity contribution is 1.13. The third kappa shape index (κ3) is 1.11. The second-order valence-corrected chi connectivity index (χ2v) is 1.82. The van der Waals surface area contributed by atoms with E-state index in [2.05, 4.69) is 9.97 Å². The van der Waals surface area contributed by atoms with Gasteiger partial charge >= 0.3 is 0 Å². The summed E-state index contributed by atoms with van der Waals surface area (Å²) in [5, 5.41) is 8.36. The Balaban J connectivity index is 3.53. The van der Waals surface area contributed by atoms with Gasteiger partial charge in [0.2, 0.25) is 5.95 Å². The smallest absolute Gasteiger partial charge is 0.272 e. The molecule has 6 heteroatoms. The Morgan fingerprint density at radius 2 is 2.18 bits per heavy atom. The minimum absolute atomic E-state index is 0.0912. The molecule has 0 spiro atoms. The van der Waals surface area contributed by atoms with Crippen LogP contribution in [-0.2, 0) is 0 Å². The molecule has 1 heterocycles. The van der Waals surface area contributed by atoms with Crippen molar-refractivity contribution in [3.63, 3.8) is 0 Å². The summed E-state index contributed by atoms with van der Waals surface area (Å²) in [4.78, 5) is 16.4. The van der Waals surface area contributed by atoms with Crippen LogP contribution in [0.4, 0.5) is 11.8 Å². The van der Waals surface area contributed by atoms with E-state index in [0.717, 1.165) is 0 Å². The van der Waals surface area contributed by atoms with Crippen molar-refractivity contribution in [2.24, 2.45) is 0 Å². The van der Waals surface area contributed by atoms with Crippen LogP contribution in [0.5, 0.6) is 0 Å². The van der Waals surface area contributed by atoms with Crippen molar-refractivity contribution in [2.45, 2.75) is 0 Å². The molecule has 1 aromatic rings. The highest BCUT2D eigenvalue weighted by molar-refractivity contribution is 5.48. The van der Waals surface area contributed by atoms with Crippen molar-refractivity contribution in [1.29, 1.82) is 5.26 Å². The molecule has 0 aromatic carbocycles. The van der Waals surface area contributed by atoms with Gasteiger partial charge in [-0.1, -0.05) is 0 Å². The molecular formula is C5H5N5O. The average molecular weight is 151 g/mol. The third-order valence-electron chi connectivity index (χ3n) is 1.08. The normalized spacial score (nSPS) is 9.00. The Hall–Kier alpha value is -2.03. The van der Waals surface area contributed by atoms with Gasteiger partial charge in [0.25, 0.3) is 5.56 Å². The van der Waals surface area contributed by atoms with Gasteiger partial charge in [-0.05, 0) is 0 Å². The van der Waals surface area contributed by atoms with E-state index < -0.39 is 5.56 Å². The SMILES string of the molecule is N#Cc1c(N)nc(N)[nH]c1=O. The number of anilines is 2. The molecule has 0 saturated carbocycles. The number of H-pyrrole nitrogens is 1. The third-order valence-corrected chi connectivity index (χ3v) is 1.08. The van der Waals surface area contributed by atoms with E-state index in [0.29, 0.717) is 0 Å². The molecule has 0 atom stereocenters. The fraction of sp³-hybridized carbons (Fsp3) is 0. The quantitative estimate of drug-likeness (QED) is 0.430. The fourth-order valence-corrected chi connectivity index (χ4v) is 0.617. The molecule has 0 bridgehead atoms. The maximum atomic E-state index is 10.8. The lowest BCUT2D eigenvalue weighted by atomic mass is 10.3. The van der Waals surface area contributed by atoms with Crippen molar-refractivity contribution in [3.05, 3.63) is 15.9 Å². The van der Waals surface area contributed by atoms with Crippen LogP contribution < -0.4 is 17.0 Å². The summed E-state index contributed by atoms with van der Waals surface area (Å²) in [6.45, 7) is 0. The lowest BCUT2D eigenvalue weighted by Crippen LogP contribution is -2.17. The molecule has 0 amide bonds. The highest BCUT2D eigenvalue weighted by Gasteiger charge is 2.04. The van der Waals surface area contributed by atoms with E-state index in [9.17, 15) is 4.79 Å². The first-order valence-corrected chi connectivity index (χ1v) is 2.70. The Morgan fingerprint density at radius 1 is 1.55 bits per heavy atom. The number of hydrogen-bond acceptors (Lipinski definition) is 5. The van der Waals surface area contributed by atoms with Gasteiger partial charge in [0, 0.05) is 0 Å². The van der Waals surface area contributed by atoms with Crippen molar-refractivity contribution >= 4 is 11.8 Å². The van der Waals surface area contributed by atoms with E-state index in [-0.39, 0.29) is 17.3 Å². The summed E-state index contributed by atoms with van der Waals surface area (Å²) in [5.74, 6) is -0.236. The number of rotatable bonds is 0. The standard InChI is InChI=1S/C5H5N5O/c6-1-2-3(7)9-5(8)10-4(2)11/h(H5,7,8,9,10,11). The molecule has 5 N–H and O–H groups in total. The lowest BCUT2D eigenvalue weighted by Gasteiger charge is -1.95. The zero-order valence-electron chi connectivity index (χ0n) is 5.46. The van der Waals surface area contributed by atoms with Crippen molar-refractivity contribution in [1.82, 2.24) is 9.97 Å². The van der Waals surface area contributed by atoms with E-state index in [1.807, 2.05) is 0 Å². The highest BCUT2D eigenvalue weighted by Crippen LogP contribution is 1.99. The van der Waals surface area contributed by atoms with Crippen molar-refractivity contribution < 1.29 is 0 Å². The molecule has 1 rings (SSSR count). The van der Waals surface area contributed by atoms with Crippen LogP contribution >= 0.6 is 0 Å². The Labute approximate surface area is 61.5 Å². The number of aromatic amines is 1. The van der Waals surface area contributed by atoms with Gasteiger partial charge in [-0.15, -0.1) is 0 Å². The predicted molar refractivity (Wildman–Crippen MR) is 38.4 cm³/mol. The second-order valence-electron chi connectivity index (χ2n) is 1.82. The molecular weight excluding hydrogens is 146 g/mol. The number of nitrogens with one attached hydrogen (secondary N) is 1. The molecule has 0 fully saturated rings. The van der Waals surface area contributed by atoms with Crippen LogP contribution in [0.1, 0.15) is 5.56 Å². The molecule has 0 radical (unpaired) electrons. The minimum Gasteiger partial charge on any atom is -0.382 e. The maximum absolute atomic E-state index is 10.8. The molecule has 0 aliphatic carbocycles. The van der Waals surface area contributed by atoms with Crippen molar-refractivity contribution in [2.75, 3.05) is 11.5 Å². The van der Waals surface area contributed by atoms with Crippen LogP contribution in [0.2, 0.25) is 0 Å². The van der Waals surface area contributed by atoms with Crippen LogP contribution in [-0.4, -0.2) is 9.97 Å². The highest BCUT2D eigenvalue weighted by atomic mass is 16.1. The summed E-state index contributed by atoms with van der Waals surface area (Å²) in [7, 11) is 0. The summed E-state index contributed by atoms with van der Waals surface area (Å²) < 4.78 is 0. The molecule has 0 aliphatic heterocycles. The number of nitriles is 1. The van der Waals surface area contributed by atoms with E-state index in [4.69, 9.17) is 16.7 Å². The van der Waals surface area contributed by atoms with Gasteiger partial charge in [-0.3, -0.25) is 9.78 Å². The summed E-state index contributed by atoms with van der Waals surface area (Å²) in [6.07, 6.45) is 0. The zero-order chi connectivity index (χ0) is 8.43. The molecule has 56 valence electrons. The number of nitrogen functional groups attached to an aromatic ring is 2. The van der Waals surface area contributed by atoms with Gasteiger partial charge in [0.15, 0.2) is 11.4 Å². The van der Waals surface area contributed by atoms with Crippen molar-refractivity contribution in [3.8, 4) is 6.07 Å². The summed E-state index contributed by atoms with van der Waals surface area (Å²) in [6, 6.07) is 1.60. The minimum atomic E-state index is -0.613. The summed E-state index contributed by atoms with van der Waals surface area (Å²) in [5.41, 5.74) is 9.50. The number of hydrogen-bond donors (Lipinski definition) is 3.